The summed E-state index contributed by atoms with van der Waals surface area (Å²) in [5.74, 6) is 0.823. The van der Waals surface area contributed by atoms with Crippen LogP contribution < -0.4 is 5.32 Å². The molecule has 1 aliphatic carbocycles. The average molecular weight is 515 g/mol. The van der Waals surface area contributed by atoms with Gasteiger partial charge in [0, 0.05) is 43.0 Å². The van der Waals surface area contributed by atoms with E-state index in [2.05, 4.69) is 20.3 Å². The number of piperidine rings is 1. The maximum atomic E-state index is 12.5. The van der Waals surface area contributed by atoms with E-state index in [9.17, 15) is 14.7 Å². The van der Waals surface area contributed by atoms with Crippen LogP contribution in [0.25, 0.3) is 17.2 Å². The number of benzene rings is 1. The number of nitrogens with zero attached hydrogens (tertiary/aromatic N) is 5. The van der Waals surface area contributed by atoms with Crippen LogP contribution in [0.15, 0.2) is 36.7 Å². The van der Waals surface area contributed by atoms with E-state index in [0.717, 1.165) is 32.2 Å². The summed E-state index contributed by atoms with van der Waals surface area (Å²) in [7, 11) is 0. The molecule has 3 aromatic rings. The van der Waals surface area contributed by atoms with Crippen molar-refractivity contribution in [2.75, 3.05) is 18.4 Å². The molecule has 0 radical (unpaired) electrons. The van der Waals surface area contributed by atoms with Gasteiger partial charge in [-0.1, -0.05) is 23.2 Å². The first-order chi connectivity index (χ1) is 16.9. The first-order valence-electron chi connectivity index (χ1n) is 11.5. The van der Waals surface area contributed by atoms with E-state index in [1.54, 1.807) is 35.0 Å². The smallest absolute Gasteiger partial charge is 0.309 e. The number of amides is 1. The molecule has 2 aromatic heterocycles. The molecule has 182 valence electrons. The van der Waals surface area contributed by atoms with Crippen LogP contribution in [0, 0.1) is 5.92 Å². The van der Waals surface area contributed by atoms with Gasteiger partial charge in [-0.25, -0.2) is 9.97 Å². The van der Waals surface area contributed by atoms with Crippen LogP contribution in [-0.4, -0.2) is 60.5 Å². The number of anilines is 1. The van der Waals surface area contributed by atoms with Gasteiger partial charge in [0.2, 0.25) is 11.9 Å². The van der Waals surface area contributed by atoms with E-state index < -0.39 is 5.97 Å². The molecule has 1 saturated carbocycles. The molecule has 9 nitrogen and oxygen atoms in total. The van der Waals surface area contributed by atoms with Gasteiger partial charge in [0.25, 0.3) is 0 Å². The number of rotatable bonds is 7. The van der Waals surface area contributed by atoms with Crippen LogP contribution in [0.4, 0.5) is 5.95 Å². The number of carboxylic acids is 1. The summed E-state index contributed by atoms with van der Waals surface area (Å²) in [5, 5.41) is 13.6. The minimum Gasteiger partial charge on any atom is -0.481 e. The van der Waals surface area contributed by atoms with Crippen molar-refractivity contribution in [2.45, 2.75) is 38.1 Å². The Morgan fingerprint density at radius 1 is 1.11 bits per heavy atom. The Hall–Kier alpha value is -3.17. The molecule has 0 bridgehead atoms. The Bertz CT molecular complexity index is 1280. The van der Waals surface area contributed by atoms with Gasteiger partial charge in [-0.2, -0.15) is 4.98 Å². The molecule has 0 spiro atoms. The summed E-state index contributed by atoms with van der Waals surface area (Å²) >= 11 is 12.3. The fourth-order valence-corrected chi connectivity index (χ4v) is 4.67. The van der Waals surface area contributed by atoms with Crippen molar-refractivity contribution >= 4 is 41.0 Å². The van der Waals surface area contributed by atoms with Crippen LogP contribution in [0.1, 0.15) is 31.4 Å². The standard InChI is InChI=1S/C24H24Cl2N6O3/c25-18-6-5-15(10-19(18)26)22-28-12-17(11-21(33)34)32(22)20-7-8-27-24(30-20)29-16-2-1-9-31(13-16)23(35)14-3-4-14/h5-8,10,12,14,16H,1-4,9,11,13H2,(H,33,34)(H,27,29,30). The molecule has 35 heavy (non-hydrogen) atoms. The molecule has 1 amide bonds. The third-order valence-corrected chi connectivity index (χ3v) is 6.95. The second-order valence-electron chi connectivity index (χ2n) is 8.89. The number of carbonyl (C=O) groups excluding carboxylic acids is 1. The number of hydrogen-bond donors (Lipinski definition) is 2. The third kappa shape index (κ3) is 5.26. The van der Waals surface area contributed by atoms with Crippen molar-refractivity contribution < 1.29 is 14.7 Å². The summed E-state index contributed by atoms with van der Waals surface area (Å²) < 4.78 is 1.68. The molecule has 2 N–H and O–H groups in total. The van der Waals surface area contributed by atoms with Crippen molar-refractivity contribution in [3.8, 4) is 17.2 Å². The number of aliphatic carboxylic acids is 1. The first kappa shape index (κ1) is 23.6. The SMILES string of the molecule is O=C(O)Cc1cnc(-c2ccc(Cl)c(Cl)c2)n1-c1ccnc(NC2CCCN(C(=O)C3CC3)C2)n1. The number of hydrogen-bond acceptors (Lipinski definition) is 6. The van der Waals surface area contributed by atoms with Crippen molar-refractivity contribution in [3.05, 3.63) is 52.4 Å². The highest BCUT2D eigenvalue weighted by molar-refractivity contribution is 6.42. The van der Waals surface area contributed by atoms with E-state index in [4.69, 9.17) is 23.2 Å². The molecule has 1 unspecified atom stereocenters. The van der Waals surface area contributed by atoms with Crippen molar-refractivity contribution in [3.63, 3.8) is 0 Å². The van der Waals surface area contributed by atoms with E-state index >= 15 is 0 Å². The molecule has 5 rings (SSSR count). The number of aromatic nitrogens is 4. The molecule has 2 fully saturated rings. The van der Waals surface area contributed by atoms with Crippen molar-refractivity contribution in [1.29, 1.82) is 0 Å². The minimum absolute atomic E-state index is 0.0394. The van der Waals surface area contributed by atoms with Gasteiger partial charge < -0.3 is 15.3 Å². The van der Waals surface area contributed by atoms with Crippen LogP contribution in [0.2, 0.25) is 10.0 Å². The highest BCUT2D eigenvalue weighted by Crippen LogP contribution is 2.32. The van der Waals surface area contributed by atoms with Crippen molar-refractivity contribution in [1.82, 2.24) is 24.4 Å². The highest BCUT2D eigenvalue weighted by Gasteiger charge is 2.35. The summed E-state index contributed by atoms with van der Waals surface area (Å²) in [6.45, 7) is 1.40. The zero-order valence-corrected chi connectivity index (χ0v) is 20.3. The predicted molar refractivity (Wildman–Crippen MR) is 132 cm³/mol. The Balaban J connectivity index is 1.44. The third-order valence-electron chi connectivity index (χ3n) is 6.21. The topological polar surface area (TPSA) is 113 Å². The first-order valence-corrected chi connectivity index (χ1v) is 12.3. The van der Waals surface area contributed by atoms with Gasteiger partial charge >= 0.3 is 5.97 Å². The number of imidazole rings is 1. The van der Waals surface area contributed by atoms with E-state index in [1.807, 2.05) is 4.90 Å². The number of carboxylic acid groups (broad SMARTS) is 1. The largest absolute Gasteiger partial charge is 0.481 e. The molecule has 1 saturated heterocycles. The zero-order valence-electron chi connectivity index (χ0n) is 18.8. The number of likely N-dealkylation sites (tertiary alicyclic amines) is 1. The van der Waals surface area contributed by atoms with E-state index in [1.165, 1.54) is 6.20 Å². The summed E-state index contributed by atoms with van der Waals surface area (Å²) in [5.41, 5.74) is 1.13. The number of halogens is 2. The lowest BCUT2D eigenvalue weighted by Gasteiger charge is -2.33. The van der Waals surface area contributed by atoms with Gasteiger partial charge in [-0.05, 0) is 49.9 Å². The number of nitrogens with one attached hydrogen (secondary N) is 1. The fourth-order valence-electron chi connectivity index (χ4n) is 4.37. The van der Waals surface area contributed by atoms with E-state index in [0.29, 0.717) is 45.4 Å². The van der Waals surface area contributed by atoms with Crippen LogP contribution in [-0.2, 0) is 16.0 Å². The van der Waals surface area contributed by atoms with Gasteiger partial charge in [0.05, 0.1) is 22.2 Å². The number of carbonyl (C=O) groups is 2. The molecule has 1 atom stereocenters. The second-order valence-corrected chi connectivity index (χ2v) is 9.70. The van der Waals surface area contributed by atoms with Crippen LogP contribution in [0.5, 0.6) is 0 Å². The second kappa shape index (κ2) is 9.83. The maximum absolute atomic E-state index is 12.5. The molecule has 3 heterocycles. The lowest BCUT2D eigenvalue weighted by atomic mass is 10.1. The van der Waals surface area contributed by atoms with Crippen LogP contribution >= 0.6 is 23.2 Å². The molecule has 1 aliphatic heterocycles. The molecule has 2 aliphatic rings. The lowest BCUT2D eigenvalue weighted by molar-refractivity contribution is -0.136. The Kier molecular flexibility index (Phi) is 6.62. The summed E-state index contributed by atoms with van der Waals surface area (Å²) in [4.78, 5) is 39.4. The monoisotopic (exact) mass is 514 g/mol. The maximum Gasteiger partial charge on any atom is 0.309 e. The predicted octanol–water partition coefficient (Wildman–Crippen LogP) is 4.08. The quantitative estimate of drug-likeness (QED) is 0.488. The van der Waals surface area contributed by atoms with Gasteiger partial charge in [0.15, 0.2) is 0 Å². The van der Waals surface area contributed by atoms with Crippen LogP contribution in [0.3, 0.4) is 0 Å². The van der Waals surface area contributed by atoms with E-state index in [-0.39, 0.29) is 24.3 Å². The normalized spacial score (nSPS) is 17.9. The fraction of sp³-hybridized carbons (Fsp3) is 0.375. The Morgan fingerprint density at radius 2 is 1.94 bits per heavy atom. The molecule has 1 aromatic carbocycles. The minimum atomic E-state index is -0.984. The average Bonchev–Trinajstić information content (AvgIpc) is 3.61. The molecule has 11 heteroatoms. The Labute approximate surface area is 212 Å². The summed E-state index contributed by atoms with van der Waals surface area (Å²) in [6, 6.07) is 6.85. The van der Waals surface area contributed by atoms with Gasteiger partial charge in [0.1, 0.15) is 11.6 Å². The van der Waals surface area contributed by atoms with Gasteiger partial charge in [-0.15, -0.1) is 0 Å². The lowest BCUT2D eigenvalue weighted by Crippen LogP contribution is -2.45. The molecular weight excluding hydrogens is 491 g/mol. The van der Waals surface area contributed by atoms with Crippen molar-refractivity contribution in [2.24, 2.45) is 5.92 Å². The highest BCUT2D eigenvalue weighted by atomic mass is 35.5. The zero-order chi connectivity index (χ0) is 24.5. The Morgan fingerprint density at radius 3 is 2.69 bits per heavy atom. The molecular formula is C24H24Cl2N6O3. The van der Waals surface area contributed by atoms with Gasteiger partial charge in [-0.3, -0.25) is 14.2 Å². The summed E-state index contributed by atoms with van der Waals surface area (Å²) in [6.07, 6.45) is 6.70.